The van der Waals surface area contributed by atoms with Crippen molar-refractivity contribution < 1.29 is 14.3 Å². The lowest BCUT2D eigenvalue weighted by molar-refractivity contribution is -0.121. The third-order valence-corrected chi connectivity index (χ3v) is 3.59. The van der Waals surface area contributed by atoms with Crippen LogP contribution in [0.25, 0.3) is 0 Å². The fraction of sp³-hybridized carbons (Fsp3) is 0.278. The Hall–Kier alpha value is -2.29. The fourth-order valence-electron chi connectivity index (χ4n) is 2.43. The van der Waals surface area contributed by atoms with Crippen molar-refractivity contribution in [3.63, 3.8) is 0 Å². The van der Waals surface area contributed by atoms with Gasteiger partial charge in [-0.25, -0.2) is 0 Å². The summed E-state index contributed by atoms with van der Waals surface area (Å²) in [5, 5.41) is 0. The lowest BCUT2D eigenvalue weighted by Gasteiger charge is -2.06. The van der Waals surface area contributed by atoms with Gasteiger partial charge in [0.25, 0.3) is 0 Å². The van der Waals surface area contributed by atoms with Gasteiger partial charge in [-0.2, -0.15) is 0 Å². The van der Waals surface area contributed by atoms with E-state index in [0.717, 1.165) is 30.9 Å². The molecular formula is C18H18O3. The maximum absolute atomic E-state index is 11.9. The second kappa shape index (κ2) is 6.44. The predicted octanol–water partition coefficient (Wildman–Crippen LogP) is 3.20. The first-order valence-corrected chi connectivity index (χ1v) is 7.25. The molecule has 3 nitrogen and oxygen atoms in total. The first-order chi connectivity index (χ1) is 10.3. The molecule has 0 saturated heterocycles. The number of ketones is 1. The smallest absolute Gasteiger partial charge is 0.170 e. The van der Waals surface area contributed by atoms with E-state index in [4.69, 9.17) is 9.47 Å². The van der Waals surface area contributed by atoms with Gasteiger partial charge in [-0.05, 0) is 35.7 Å². The van der Waals surface area contributed by atoms with Crippen LogP contribution in [0.1, 0.15) is 17.5 Å². The van der Waals surface area contributed by atoms with Crippen LogP contribution in [0.15, 0.2) is 48.5 Å². The summed E-state index contributed by atoms with van der Waals surface area (Å²) >= 11 is 0. The van der Waals surface area contributed by atoms with Crippen molar-refractivity contribution in [2.24, 2.45) is 0 Å². The summed E-state index contributed by atoms with van der Waals surface area (Å²) in [6.07, 6.45) is 2.23. The zero-order valence-corrected chi connectivity index (χ0v) is 11.9. The number of carbonyl (C=O) groups is 1. The maximum Gasteiger partial charge on any atom is 0.170 e. The van der Waals surface area contributed by atoms with Crippen molar-refractivity contribution in [1.82, 2.24) is 0 Å². The minimum atomic E-state index is 0.121. The number of fused-ring (bicyclic) bond motifs is 1. The van der Waals surface area contributed by atoms with Gasteiger partial charge in [0.05, 0.1) is 6.61 Å². The molecule has 2 aromatic carbocycles. The van der Waals surface area contributed by atoms with Gasteiger partial charge in [-0.3, -0.25) is 4.79 Å². The molecular weight excluding hydrogens is 264 g/mol. The highest BCUT2D eigenvalue weighted by Crippen LogP contribution is 2.26. The van der Waals surface area contributed by atoms with E-state index in [1.54, 1.807) is 0 Å². The summed E-state index contributed by atoms with van der Waals surface area (Å²) in [6.45, 7) is 0.903. The third kappa shape index (κ3) is 3.63. The number of benzene rings is 2. The molecule has 2 aromatic rings. The molecule has 0 aliphatic carbocycles. The molecule has 0 unspecified atom stereocenters. The van der Waals surface area contributed by atoms with Crippen LogP contribution in [-0.2, 0) is 17.6 Å². The highest BCUT2D eigenvalue weighted by molar-refractivity contribution is 5.80. The van der Waals surface area contributed by atoms with Crippen LogP contribution in [-0.4, -0.2) is 19.0 Å². The van der Waals surface area contributed by atoms with E-state index in [0.29, 0.717) is 6.42 Å². The lowest BCUT2D eigenvalue weighted by Crippen LogP contribution is -2.12. The number of ether oxygens (including phenoxy) is 2. The van der Waals surface area contributed by atoms with Crippen LogP contribution in [0.5, 0.6) is 11.5 Å². The zero-order valence-electron chi connectivity index (χ0n) is 11.9. The molecule has 0 amide bonds. The van der Waals surface area contributed by atoms with Crippen LogP contribution in [0.2, 0.25) is 0 Å². The Morgan fingerprint density at radius 1 is 1.14 bits per heavy atom. The number of carbonyl (C=O) groups excluding carboxylic acids is 1. The number of hydrogen-bond donors (Lipinski definition) is 0. The van der Waals surface area contributed by atoms with Crippen molar-refractivity contribution in [3.05, 3.63) is 59.7 Å². The van der Waals surface area contributed by atoms with Crippen LogP contribution >= 0.6 is 0 Å². The van der Waals surface area contributed by atoms with E-state index >= 15 is 0 Å². The molecule has 0 saturated carbocycles. The zero-order chi connectivity index (χ0) is 14.5. The molecule has 108 valence electrons. The van der Waals surface area contributed by atoms with Crippen molar-refractivity contribution >= 4 is 5.78 Å². The number of hydrogen-bond acceptors (Lipinski definition) is 3. The summed E-state index contributed by atoms with van der Waals surface area (Å²) in [7, 11) is 0. The average Bonchev–Trinajstić information content (AvgIpc) is 2.99. The molecule has 0 fully saturated rings. The largest absolute Gasteiger partial charge is 0.493 e. The Balaban J connectivity index is 1.47. The normalized spacial score (nSPS) is 12.6. The Labute approximate surface area is 124 Å². The Morgan fingerprint density at radius 2 is 2.00 bits per heavy atom. The highest BCUT2D eigenvalue weighted by atomic mass is 16.5. The fourth-order valence-corrected chi connectivity index (χ4v) is 2.43. The summed E-state index contributed by atoms with van der Waals surface area (Å²) in [4.78, 5) is 11.9. The third-order valence-electron chi connectivity index (χ3n) is 3.59. The molecule has 3 heteroatoms. The standard InChI is InChI=1S/C18H18O3/c19-16(13-21-17-4-2-1-3-5-17)8-6-14-7-9-18-15(12-14)10-11-20-18/h1-5,7,9,12H,6,8,10-11,13H2. The quantitative estimate of drug-likeness (QED) is 0.816. The Morgan fingerprint density at radius 3 is 2.86 bits per heavy atom. The lowest BCUT2D eigenvalue weighted by atomic mass is 10.0. The predicted molar refractivity (Wildman–Crippen MR) is 80.9 cm³/mol. The molecule has 0 N–H and O–H groups in total. The second-order valence-electron chi connectivity index (χ2n) is 5.18. The van der Waals surface area contributed by atoms with Crippen LogP contribution < -0.4 is 9.47 Å². The average molecular weight is 282 g/mol. The minimum absolute atomic E-state index is 0.121. The van der Waals surface area contributed by atoms with E-state index < -0.39 is 0 Å². The van der Waals surface area contributed by atoms with Gasteiger partial charge in [0.15, 0.2) is 5.78 Å². The molecule has 1 aliphatic heterocycles. The van der Waals surface area contributed by atoms with Gasteiger partial charge in [-0.15, -0.1) is 0 Å². The van der Waals surface area contributed by atoms with E-state index in [1.807, 2.05) is 42.5 Å². The Bertz CT molecular complexity index is 620. The molecule has 0 bridgehead atoms. The minimum Gasteiger partial charge on any atom is -0.493 e. The first kappa shape index (κ1) is 13.7. The van der Waals surface area contributed by atoms with Crippen molar-refractivity contribution in [3.8, 4) is 11.5 Å². The Kier molecular flexibility index (Phi) is 4.20. The van der Waals surface area contributed by atoms with E-state index in [9.17, 15) is 4.79 Å². The summed E-state index contributed by atoms with van der Waals surface area (Å²) in [6, 6.07) is 15.6. The number of aryl methyl sites for hydroxylation is 1. The van der Waals surface area contributed by atoms with Gasteiger partial charge in [0.2, 0.25) is 0 Å². The molecule has 1 aliphatic rings. The van der Waals surface area contributed by atoms with E-state index in [2.05, 4.69) is 6.07 Å². The summed E-state index contributed by atoms with van der Waals surface area (Å²) in [5.41, 5.74) is 2.44. The summed E-state index contributed by atoms with van der Waals surface area (Å²) in [5.74, 6) is 1.84. The number of rotatable bonds is 6. The second-order valence-corrected chi connectivity index (χ2v) is 5.18. The van der Waals surface area contributed by atoms with Crippen LogP contribution in [0.4, 0.5) is 0 Å². The van der Waals surface area contributed by atoms with Gasteiger partial charge in [0.1, 0.15) is 18.1 Å². The van der Waals surface area contributed by atoms with Crippen LogP contribution in [0.3, 0.4) is 0 Å². The van der Waals surface area contributed by atoms with Gasteiger partial charge in [-0.1, -0.05) is 30.3 Å². The van der Waals surface area contributed by atoms with E-state index in [1.165, 1.54) is 11.1 Å². The van der Waals surface area contributed by atoms with Gasteiger partial charge < -0.3 is 9.47 Å². The highest BCUT2D eigenvalue weighted by Gasteiger charge is 2.12. The number of para-hydroxylation sites is 1. The molecule has 0 aromatic heterocycles. The molecule has 0 atom stereocenters. The molecule has 1 heterocycles. The van der Waals surface area contributed by atoms with Gasteiger partial charge >= 0.3 is 0 Å². The van der Waals surface area contributed by atoms with Crippen molar-refractivity contribution in [2.45, 2.75) is 19.3 Å². The number of Topliss-reactive ketones (excluding diaryl/α,β-unsaturated/α-hetero) is 1. The maximum atomic E-state index is 11.9. The van der Waals surface area contributed by atoms with Gasteiger partial charge in [0, 0.05) is 12.8 Å². The van der Waals surface area contributed by atoms with Crippen molar-refractivity contribution in [2.75, 3.05) is 13.2 Å². The SMILES string of the molecule is O=C(CCc1ccc2c(c1)CCO2)COc1ccccc1. The van der Waals surface area contributed by atoms with E-state index in [-0.39, 0.29) is 12.4 Å². The van der Waals surface area contributed by atoms with Crippen molar-refractivity contribution in [1.29, 1.82) is 0 Å². The monoisotopic (exact) mass is 282 g/mol. The topological polar surface area (TPSA) is 35.5 Å². The molecule has 3 rings (SSSR count). The first-order valence-electron chi connectivity index (χ1n) is 7.25. The molecule has 0 radical (unpaired) electrons. The molecule has 0 spiro atoms. The van der Waals surface area contributed by atoms with Crippen LogP contribution in [0, 0.1) is 0 Å². The molecule has 21 heavy (non-hydrogen) atoms. The summed E-state index contributed by atoms with van der Waals surface area (Å²) < 4.78 is 10.9.